The minimum atomic E-state index is 0.547. The van der Waals surface area contributed by atoms with Gasteiger partial charge in [0.2, 0.25) is 5.95 Å². The topological polar surface area (TPSA) is 60.4 Å². The van der Waals surface area contributed by atoms with Crippen LogP contribution in [0.3, 0.4) is 0 Å². The van der Waals surface area contributed by atoms with Crippen LogP contribution in [0.2, 0.25) is 0 Å². The second-order valence-electron chi connectivity index (χ2n) is 6.79. The Morgan fingerprint density at radius 3 is 2.32 bits per heavy atom. The lowest BCUT2D eigenvalue weighted by Crippen LogP contribution is -2.44. The highest BCUT2D eigenvalue weighted by Crippen LogP contribution is 2.23. The molecule has 7 nitrogen and oxygen atoms in total. The average molecular weight is 339 g/mol. The van der Waals surface area contributed by atoms with Crippen molar-refractivity contribution in [3.8, 4) is 0 Å². The fraction of sp³-hybridized carbons (Fsp3) is 0.500. The van der Waals surface area contributed by atoms with Gasteiger partial charge in [-0.3, -0.25) is 0 Å². The summed E-state index contributed by atoms with van der Waals surface area (Å²) in [7, 11) is 2.15. The number of rotatable bonds is 4. The number of hydrogen-bond donors (Lipinski definition) is 1. The number of likely N-dealkylation sites (N-methyl/N-ethyl adjacent to an activating group) is 1. The maximum Gasteiger partial charge on any atom is 0.249 e. The molecule has 3 heterocycles. The first-order valence-electron chi connectivity index (χ1n) is 9.03. The van der Waals surface area contributed by atoms with Gasteiger partial charge in [0, 0.05) is 50.6 Å². The molecule has 7 heteroatoms. The molecule has 2 aromatic rings. The third kappa shape index (κ3) is 3.82. The van der Waals surface area contributed by atoms with E-state index in [1.807, 2.05) is 0 Å². The van der Waals surface area contributed by atoms with E-state index in [4.69, 9.17) is 0 Å². The van der Waals surface area contributed by atoms with Gasteiger partial charge in [-0.05, 0) is 44.2 Å². The van der Waals surface area contributed by atoms with Crippen molar-refractivity contribution in [2.45, 2.75) is 12.8 Å². The van der Waals surface area contributed by atoms with Crippen LogP contribution in [0.25, 0.3) is 0 Å². The van der Waals surface area contributed by atoms with E-state index in [0.717, 1.165) is 50.8 Å². The van der Waals surface area contributed by atoms with Gasteiger partial charge in [-0.2, -0.15) is 10.1 Å². The molecule has 0 atom stereocenters. The molecule has 2 fully saturated rings. The molecule has 0 amide bonds. The predicted octanol–water partition coefficient (Wildman–Crippen LogP) is 1.97. The quantitative estimate of drug-likeness (QED) is 0.914. The lowest BCUT2D eigenvalue weighted by atomic mass is 10.2. The van der Waals surface area contributed by atoms with Crippen LogP contribution in [0.15, 0.2) is 30.5 Å². The summed E-state index contributed by atoms with van der Waals surface area (Å²) in [6.45, 7) is 6.35. The van der Waals surface area contributed by atoms with E-state index >= 15 is 0 Å². The van der Waals surface area contributed by atoms with Gasteiger partial charge in [0.1, 0.15) is 0 Å². The van der Waals surface area contributed by atoms with Crippen molar-refractivity contribution in [3.05, 3.63) is 30.5 Å². The first kappa shape index (κ1) is 16.1. The van der Waals surface area contributed by atoms with E-state index in [2.05, 4.69) is 66.5 Å². The fourth-order valence-electron chi connectivity index (χ4n) is 3.40. The smallest absolute Gasteiger partial charge is 0.249 e. The van der Waals surface area contributed by atoms with Crippen LogP contribution in [-0.4, -0.2) is 66.4 Å². The summed E-state index contributed by atoms with van der Waals surface area (Å²) < 4.78 is 0. The van der Waals surface area contributed by atoms with Crippen molar-refractivity contribution in [3.63, 3.8) is 0 Å². The molecule has 2 saturated heterocycles. The Morgan fingerprint density at radius 2 is 1.60 bits per heavy atom. The first-order valence-corrected chi connectivity index (χ1v) is 9.03. The predicted molar refractivity (Wildman–Crippen MR) is 101 cm³/mol. The van der Waals surface area contributed by atoms with Gasteiger partial charge in [-0.15, -0.1) is 5.10 Å². The van der Waals surface area contributed by atoms with Gasteiger partial charge >= 0.3 is 0 Å². The van der Waals surface area contributed by atoms with Gasteiger partial charge in [0.05, 0.1) is 6.20 Å². The third-order valence-electron chi connectivity index (χ3n) is 4.97. The van der Waals surface area contributed by atoms with Crippen molar-refractivity contribution in [1.29, 1.82) is 0 Å². The summed E-state index contributed by atoms with van der Waals surface area (Å²) in [6, 6.07) is 8.48. The highest BCUT2D eigenvalue weighted by molar-refractivity contribution is 5.60. The molecular formula is C18H25N7. The Hall–Kier alpha value is -2.41. The molecule has 4 rings (SSSR count). The van der Waals surface area contributed by atoms with Crippen LogP contribution in [0.4, 0.5) is 23.1 Å². The van der Waals surface area contributed by atoms with Gasteiger partial charge < -0.3 is 20.0 Å². The number of hydrogen-bond acceptors (Lipinski definition) is 7. The largest absolute Gasteiger partial charge is 0.372 e. The average Bonchev–Trinajstić information content (AvgIpc) is 3.18. The van der Waals surface area contributed by atoms with E-state index < -0.39 is 0 Å². The van der Waals surface area contributed by atoms with Crippen LogP contribution >= 0.6 is 0 Å². The Labute approximate surface area is 148 Å². The molecule has 2 aliphatic rings. The van der Waals surface area contributed by atoms with Crippen molar-refractivity contribution >= 4 is 23.1 Å². The van der Waals surface area contributed by atoms with E-state index in [1.165, 1.54) is 18.5 Å². The molecule has 0 unspecified atom stereocenters. The second-order valence-corrected chi connectivity index (χ2v) is 6.79. The third-order valence-corrected chi connectivity index (χ3v) is 4.97. The van der Waals surface area contributed by atoms with Crippen LogP contribution in [-0.2, 0) is 0 Å². The van der Waals surface area contributed by atoms with Crippen molar-refractivity contribution < 1.29 is 0 Å². The van der Waals surface area contributed by atoms with E-state index in [9.17, 15) is 0 Å². The molecule has 0 saturated carbocycles. The minimum Gasteiger partial charge on any atom is -0.372 e. The highest BCUT2D eigenvalue weighted by atomic mass is 15.3. The number of anilines is 4. The number of piperazine rings is 1. The Morgan fingerprint density at radius 1 is 0.880 bits per heavy atom. The zero-order chi connectivity index (χ0) is 17.1. The molecule has 0 bridgehead atoms. The summed E-state index contributed by atoms with van der Waals surface area (Å²) in [5.74, 6) is 1.43. The van der Waals surface area contributed by atoms with Crippen LogP contribution in [0, 0.1) is 0 Å². The molecule has 0 spiro atoms. The fourth-order valence-corrected chi connectivity index (χ4v) is 3.40. The van der Waals surface area contributed by atoms with Crippen molar-refractivity contribution in [1.82, 2.24) is 20.1 Å². The van der Waals surface area contributed by atoms with Crippen molar-refractivity contribution in [2.24, 2.45) is 0 Å². The van der Waals surface area contributed by atoms with E-state index in [1.54, 1.807) is 6.20 Å². The Kier molecular flexibility index (Phi) is 4.65. The monoisotopic (exact) mass is 339 g/mol. The summed E-state index contributed by atoms with van der Waals surface area (Å²) in [5.41, 5.74) is 2.27. The lowest BCUT2D eigenvalue weighted by Gasteiger charge is -2.32. The number of aromatic nitrogens is 3. The molecule has 25 heavy (non-hydrogen) atoms. The second kappa shape index (κ2) is 7.23. The van der Waals surface area contributed by atoms with Gasteiger partial charge in [0.25, 0.3) is 0 Å². The number of benzene rings is 1. The Bertz CT molecular complexity index is 689. The summed E-state index contributed by atoms with van der Waals surface area (Å²) in [6.07, 6.45) is 4.32. The van der Waals surface area contributed by atoms with E-state index in [-0.39, 0.29) is 0 Å². The molecule has 0 aliphatic carbocycles. The number of nitrogens with one attached hydrogen (secondary N) is 1. The molecule has 2 aliphatic heterocycles. The van der Waals surface area contributed by atoms with Crippen LogP contribution in [0.1, 0.15) is 12.8 Å². The molecule has 1 N–H and O–H groups in total. The Balaban J connectivity index is 1.43. The molecule has 0 radical (unpaired) electrons. The number of nitrogens with zero attached hydrogens (tertiary/aromatic N) is 6. The maximum absolute atomic E-state index is 4.63. The highest BCUT2D eigenvalue weighted by Gasteiger charge is 2.16. The molecule has 132 valence electrons. The van der Waals surface area contributed by atoms with Crippen LogP contribution < -0.4 is 15.1 Å². The minimum absolute atomic E-state index is 0.547. The summed E-state index contributed by atoms with van der Waals surface area (Å²) in [5, 5.41) is 11.5. The van der Waals surface area contributed by atoms with Gasteiger partial charge in [-0.25, -0.2) is 0 Å². The molecular weight excluding hydrogens is 314 g/mol. The zero-order valence-electron chi connectivity index (χ0n) is 14.7. The van der Waals surface area contributed by atoms with Gasteiger partial charge in [-0.1, -0.05) is 0 Å². The first-order chi connectivity index (χ1) is 12.3. The summed E-state index contributed by atoms with van der Waals surface area (Å²) >= 11 is 0. The van der Waals surface area contributed by atoms with E-state index in [0.29, 0.717) is 5.95 Å². The zero-order valence-corrected chi connectivity index (χ0v) is 14.7. The normalized spacial score (nSPS) is 18.6. The van der Waals surface area contributed by atoms with Crippen LogP contribution in [0.5, 0.6) is 0 Å². The SMILES string of the molecule is CN1CCN(c2cnnc(Nc3ccc(N4CCCC4)cc3)n2)CC1. The standard InChI is InChI=1S/C18H25N7/c1-23-10-12-25(13-11-23)17-14-19-22-18(21-17)20-15-4-6-16(7-5-15)24-8-2-3-9-24/h4-7,14H,2-3,8-13H2,1H3,(H,20,21,22). The van der Waals surface area contributed by atoms with Crippen molar-refractivity contribution in [2.75, 3.05) is 61.4 Å². The summed E-state index contributed by atoms with van der Waals surface area (Å²) in [4.78, 5) is 11.6. The molecule has 1 aromatic carbocycles. The maximum atomic E-state index is 4.63. The lowest BCUT2D eigenvalue weighted by molar-refractivity contribution is 0.312. The molecule has 1 aromatic heterocycles. The van der Waals surface area contributed by atoms with Gasteiger partial charge in [0.15, 0.2) is 5.82 Å².